The highest BCUT2D eigenvalue weighted by Gasteiger charge is 2.18. The first-order valence-electron chi connectivity index (χ1n) is 8.97. The van der Waals surface area contributed by atoms with E-state index in [4.69, 9.17) is 4.74 Å². The van der Waals surface area contributed by atoms with Gasteiger partial charge in [0.1, 0.15) is 0 Å². The molecule has 4 heteroatoms. The van der Waals surface area contributed by atoms with Crippen LogP contribution in [-0.2, 0) is 4.74 Å². The van der Waals surface area contributed by atoms with E-state index in [1.165, 1.54) is 58.2 Å². The first-order chi connectivity index (χ1) is 10.3. The van der Waals surface area contributed by atoms with Crippen LogP contribution in [0.1, 0.15) is 58.8 Å². The average molecular weight is 300 g/mol. The number of rotatable bonds is 12. The molecule has 0 amide bonds. The Morgan fingerprint density at radius 2 is 1.90 bits per heavy atom. The summed E-state index contributed by atoms with van der Waals surface area (Å²) in [5.74, 6) is 0. The van der Waals surface area contributed by atoms with E-state index in [1.54, 1.807) is 0 Å². The van der Waals surface area contributed by atoms with Gasteiger partial charge in [0.05, 0.1) is 12.7 Å². The highest BCUT2D eigenvalue weighted by atomic mass is 16.5. The molecule has 1 heterocycles. The molecule has 0 spiro atoms. The van der Waals surface area contributed by atoms with Gasteiger partial charge in [0.2, 0.25) is 0 Å². The van der Waals surface area contributed by atoms with Gasteiger partial charge in [-0.2, -0.15) is 0 Å². The van der Waals surface area contributed by atoms with Crippen molar-refractivity contribution >= 4 is 0 Å². The molecule has 0 aromatic carbocycles. The van der Waals surface area contributed by atoms with E-state index in [1.807, 2.05) is 0 Å². The zero-order valence-corrected chi connectivity index (χ0v) is 14.1. The van der Waals surface area contributed by atoms with Crippen LogP contribution in [0.5, 0.6) is 0 Å². The summed E-state index contributed by atoms with van der Waals surface area (Å²) in [6.45, 7) is 9.96. The van der Waals surface area contributed by atoms with Gasteiger partial charge in [-0.1, -0.05) is 33.1 Å². The molecule has 1 aliphatic rings. The molecule has 1 unspecified atom stereocenters. The first-order valence-corrected chi connectivity index (χ1v) is 8.97. The standard InChI is InChI=1S/C17H36N2O2/c1-3-5-6-7-13-21-15-17(20)14-18-16-8-11-19(10-4-2)12-9-16/h16-18,20H,3-15H2,1-2H3. The number of nitrogens with zero attached hydrogens (tertiary/aromatic N) is 1. The number of nitrogens with one attached hydrogen (secondary N) is 1. The Morgan fingerprint density at radius 1 is 1.14 bits per heavy atom. The van der Waals surface area contributed by atoms with Gasteiger partial charge in [-0.05, 0) is 45.3 Å². The summed E-state index contributed by atoms with van der Waals surface area (Å²) in [7, 11) is 0. The summed E-state index contributed by atoms with van der Waals surface area (Å²) in [6, 6.07) is 0.567. The summed E-state index contributed by atoms with van der Waals surface area (Å²) >= 11 is 0. The van der Waals surface area contributed by atoms with E-state index in [2.05, 4.69) is 24.1 Å². The SMILES string of the molecule is CCCCCCOCC(O)CNC1CCN(CCC)CC1. The summed E-state index contributed by atoms with van der Waals surface area (Å²) in [4.78, 5) is 2.54. The summed E-state index contributed by atoms with van der Waals surface area (Å²) in [6.07, 6.45) is 8.16. The van der Waals surface area contributed by atoms with Gasteiger partial charge < -0.3 is 20.1 Å². The average Bonchev–Trinajstić information content (AvgIpc) is 2.50. The van der Waals surface area contributed by atoms with Crippen LogP contribution < -0.4 is 5.32 Å². The molecular weight excluding hydrogens is 264 g/mol. The molecule has 4 nitrogen and oxygen atoms in total. The van der Waals surface area contributed by atoms with E-state index >= 15 is 0 Å². The lowest BCUT2D eigenvalue weighted by molar-refractivity contribution is 0.0327. The van der Waals surface area contributed by atoms with Gasteiger partial charge >= 0.3 is 0 Å². The zero-order valence-electron chi connectivity index (χ0n) is 14.1. The van der Waals surface area contributed by atoms with E-state index in [0.29, 0.717) is 19.2 Å². The number of hydrogen-bond acceptors (Lipinski definition) is 4. The van der Waals surface area contributed by atoms with Crippen molar-refractivity contribution in [2.75, 3.05) is 39.4 Å². The molecule has 0 aromatic heterocycles. The molecule has 1 rings (SSSR count). The molecule has 1 aliphatic heterocycles. The predicted octanol–water partition coefficient (Wildman–Crippen LogP) is 2.41. The largest absolute Gasteiger partial charge is 0.389 e. The van der Waals surface area contributed by atoms with Gasteiger partial charge in [-0.15, -0.1) is 0 Å². The number of likely N-dealkylation sites (tertiary alicyclic amines) is 1. The van der Waals surface area contributed by atoms with Crippen LogP contribution in [-0.4, -0.2) is 61.5 Å². The molecule has 1 atom stereocenters. The Kier molecular flexibility index (Phi) is 11.1. The molecule has 0 saturated carbocycles. The Balaban J connectivity index is 1.94. The normalized spacial score (nSPS) is 19.0. The fourth-order valence-electron chi connectivity index (χ4n) is 2.89. The third kappa shape index (κ3) is 9.46. The molecule has 21 heavy (non-hydrogen) atoms. The van der Waals surface area contributed by atoms with E-state index < -0.39 is 0 Å². The number of piperidine rings is 1. The lowest BCUT2D eigenvalue weighted by atomic mass is 10.0. The third-order valence-corrected chi connectivity index (χ3v) is 4.22. The van der Waals surface area contributed by atoms with Crippen LogP contribution in [0.2, 0.25) is 0 Å². The van der Waals surface area contributed by atoms with Gasteiger partial charge in [-0.25, -0.2) is 0 Å². The van der Waals surface area contributed by atoms with Gasteiger partial charge in [0, 0.05) is 19.2 Å². The van der Waals surface area contributed by atoms with Crippen molar-refractivity contribution in [3.8, 4) is 0 Å². The number of aliphatic hydroxyl groups excluding tert-OH is 1. The first kappa shape index (κ1) is 18.9. The summed E-state index contributed by atoms with van der Waals surface area (Å²) < 4.78 is 5.53. The number of hydrogen-bond donors (Lipinski definition) is 2. The number of ether oxygens (including phenoxy) is 1. The minimum absolute atomic E-state index is 0.371. The molecule has 0 radical (unpaired) electrons. The topological polar surface area (TPSA) is 44.7 Å². The number of aliphatic hydroxyl groups is 1. The fraction of sp³-hybridized carbons (Fsp3) is 1.00. The maximum absolute atomic E-state index is 9.92. The quantitative estimate of drug-likeness (QED) is 0.543. The molecule has 0 aromatic rings. The number of unbranched alkanes of at least 4 members (excludes halogenated alkanes) is 3. The molecular formula is C17H36N2O2. The Bertz CT molecular complexity index is 231. The molecule has 0 bridgehead atoms. The van der Waals surface area contributed by atoms with Gasteiger partial charge in [-0.3, -0.25) is 0 Å². The van der Waals surface area contributed by atoms with E-state index in [0.717, 1.165) is 13.0 Å². The van der Waals surface area contributed by atoms with Crippen molar-refractivity contribution in [3.05, 3.63) is 0 Å². The third-order valence-electron chi connectivity index (χ3n) is 4.22. The summed E-state index contributed by atoms with van der Waals surface area (Å²) in [5.41, 5.74) is 0. The van der Waals surface area contributed by atoms with Crippen molar-refractivity contribution in [1.82, 2.24) is 10.2 Å². The zero-order chi connectivity index (χ0) is 15.3. The minimum atomic E-state index is -0.371. The Labute approximate surface area is 131 Å². The predicted molar refractivity (Wildman–Crippen MR) is 88.7 cm³/mol. The summed E-state index contributed by atoms with van der Waals surface area (Å²) in [5, 5.41) is 13.4. The lowest BCUT2D eigenvalue weighted by Gasteiger charge is -2.32. The molecule has 126 valence electrons. The maximum atomic E-state index is 9.92. The monoisotopic (exact) mass is 300 g/mol. The van der Waals surface area contributed by atoms with Crippen LogP contribution >= 0.6 is 0 Å². The highest BCUT2D eigenvalue weighted by Crippen LogP contribution is 2.10. The fourth-order valence-corrected chi connectivity index (χ4v) is 2.89. The smallest absolute Gasteiger partial charge is 0.0897 e. The van der Waals surface area contributed by atoms with Crippen molar-refractivity contribution in [3.63, 3.8) is 0 Å². The van der Waals surface area contributed by atoms with Gasteiger partial charge in [0.15, 0.2) is 0 Å². The molecule has 1 fully saturated rings. The second-order valence-electron chi connectivity index (χ2n) is 6.31. The van der Waals surface area contributed by atoms with E-state index in [-0.39, 0.29) is 6.10 Å². The highest BCUT2D eigenvalue weighted by molar-refractivity contribution is 4.77. The van der Waals surface area contributed by atoms with Crippen molar-refractivity contribution < 1.29 is 9.84 Å². The second kappa shape index (κ2) is 12.4. The van der Waals surface area contributed by atoms with Crippen LogP contribution in [0.4, 0.5) is 0 Å². The van der Waals surface area contributed by atoms with Crippen LogP contribution in [0, 0.1) is 0 Å². The molecule has 2 N–H and O–H groups in total. The van der Waals surface area contributed by atoms with Crippen molar-refractivity contribution in [1.29, 1.82) is 0 Å². The lowest BCUT2D eigenvalue weighted by Crippen LogP contribution is -2.45. The Morgan fingerprint density at radius 3 is 2.57 bits per heavy atom. The second-order valence-corrected chi connectivity index (χ2v) is 6.31. The minimum Gasteiger partial charge on any atom is -0.389 e. The Hall–Kier alpha value is -0.160. The van der Waals surface area contributed by atoms with Crippen molar-refractivity contribution in [2.45, 2.75) is 70.9 Å². The van der Waals surface area contributed by atoms with Crippen LogP contribution in [0.15, 0.2) is 0 Å². The van der Waals surface area contributed by atoms with Gasteiger partial charge in [0.25, 0.3) is 0 Å². The van der Waals surface area contributed by atoms with E-state index in [9.17, 15) is 5.11 Å². The van der Waals surface area contributed by atoms with Crippen molar-refractivity contribution in [2.24, 2.45) is 0 Å². The van der Waals surface area contributed by atoms with Crippen LogP contribution in [0.3, 0.4) is 0 Å². The molecule has 0 aliphatic carbocycles. The molecule has 1 saturated heterocycles. The maximum Gasteiger partial charge on any atom is 0.0897 e. The van der Waals surface area contributed by atoms with Crippen LogP contribution in [0.25, 0.3) is 0 Å².